The summed E-state index contributed by atoms with van der Waals surface area (Å²) in [6, 6.07) is 9.32. The van der Waals surface area contributed by atoms with Crippen LogP contribution in [0.3, 0.4) is 0 Å². The van der Waals surface area contributed by atoms with Gasteiger partial charge in [-0.05, 0) is 74.6 Å². The van der Waals surface area contributed by atoms with Gasteiger partial charge in [0, 0.05) is 17.8 Å². The van der Waals surface area contributed by atoms with Crippen LogP contribution >= 0.6 is 0 Å². The Morgan fingerprint density at radius 2 is 1.60 bits per heavy atom. The summed E-state index contributed by atoms with van der Waals surface area (Å²) in [5, 5.41) is 0. The van der Waals surface area contributed by atoms with Crippen molar-refractivity contribution in [2.75, 3.05) is 0 Å². The van der Waals surface area contributed by atoms with Crippen molar-refractivity contribution < 1.29 is 9.13 Å². The molecule has 1 heterocycles. The average Bonchev–Trinajstić information content (AvgIpc) is 2.87. The number of hydrogen-bond acceptors (Lipinski definition) is 2. The number of halogens is 1. The van der Waals surface area contributed by atoms with Crippen molar-refractivity contribution >= 4 is 0 Å². The lowest BCUT2D eigenvalue weighted by Gasteiger charge is -2.28. The highest BCUT2D eigenvalue weighted by Crippen LogP contribution is 2.38. The quantitative estimate of drug-likeness (QED) is 0.236. The Balaban J connectivity index is 1.44. The number of pyridine rings is 1. The van der Waals surface area contributed by atoms with Crippen LogP contribution < -0.4 is 4.74 Å². The van der Waals surface area contributed by atoms with E-state index in [0.29, 0.717) is 22.9 Å². The summed E-state index contributed by atoms with van der Waals surface area (Å²) in [4.78, 5) is 4.65. The fraction of sp³-hybridized carbons (Fsp3) is 0.656. The summed E-state index contributed by atoms with van der Waals surface area (Å²) in [5.74, 6) is 1.84. The standard InChI is InChI=1S/C32H48FNO/c1-4-6-8-9-10-11-12-14-26-15-17-27(18-16-26)28-19-22-32(34-24-28)30-21-20-29(23-31(30)33)35-25(3)13-7-5-2/h19-27H,4-18H2,1-3H3/t25-,26?,27?/m0/s1. The molecule has 0 radical (unpaired) electrons. The third-order valence-corrected chi connectivity index (χ3v) is 7.84. The zero-order chi connectivity index (χ0) is 24.9. The first-order chi connectivity index (χ1) is 17.1. The van der Waals surface area contributed by atoms with E-state index in [9.17, 15) is 4.39 Å². The molecule has 3 rings (SSSR count). The highest BCUT2D eigenvalue weighted by atomic mass is 19.1. The number of benzene rings is 1. The average molecular weight is 482 g/mol. The van der Waals surface area contributed by atoms with Crippen molar-refractivity contribution in [3.8, 4) is 17.0 Å². The van der Waals surface area contributed by atoms with Crippen molar-refractivity contribution in [1.82, 2.24) is 4.98 Å². The van der Waals surface area contributed by atoms with Crippen LogP contribution in [0.2, 0.25) is 0 Å². The molecule has 1 aromatic carbocycles. The molecule has 1 fully saturated rings. The Bertz CT molecular complexity index is 841. The number of hydrogen-bond donors (Lipinski definition) is 0. The number of aromatic nitrogens is 1. The van der Waals surface area contributed by atoms with E-state index in [1.54, 1.807) is 6.07 Å². The van der Waals surface area contributed by atoms with Gasteiger partial charge < -0.3 is 4.74 Å². The fourth-order valence-corrected chi connectivity index (χ4v) is 5.54. The highest BCUT2D eigenvalue weighted by Gasteiger charge is 2.22. The van der Waals surface area contributed by atoms with Crippen LogP contribution in [0.1, 0.15) is 129 Å². The Morgan fingerprint density at radius 1 is 0.886 bits per heavy atom. The minimum atomic E-state index is -0.267. The van der Waals surface area contributed by atoms with E-state index in [0.717, 1.165) is 25.2 Å². The van der Waals surface area contributed by atoms with Crippen LogP contribution in [-0.2, 0) is 0 Å². The van der Waals surface area contributed by atoms with Gasteiger partial charge in [-0.15, -0.1) is 0 Å². The molecule has 1 aromatic heterocycles. The zero-order valence-corrected chi connectivity index (χ0v) is 22.5. The van der Waals surface area contributed by atoms with Crippen molar-refractivity contribution in [2.24, 2.45) is 5.92 Å². The molecule has 0 amide bonds. The summed E-state index contributed by atoms with van der Waals surface area (Å²) >= 11 is 0. The molecule has 3 heteroatoms. The van der Waals surface area contributed by atoms with Gasteiger partial charge in [0.2, 0.25) is 0 Å². The van der Waals surface area contributed by atoms with Gasteiger partial charge in [0.15, 0.2) is 0 Å². The molecule has 1 aliphatic rings. The summed E-state index contributed by atoms with van der Waals surface area (Å²) in [7, 11) is 0. The lowest BCUT2D eigenvalue weighted by atomic mass is 9.77. The molecule has 0 spiro atoms. The van der Waals surface area contributed by atoms with Crippen molar-refractivity contribution in [1.29, 1.82) is 0 Å². The maximum absolute atomic E-state index is 14.8. The maximum atomic E-state index is 14.8. The normalized spacial score (nSPS) is 19.0. The van der Waals surface area contributed by atoms with Gasteiger partial charge in [0.25, 0.3) is 0 Å². The molecule has 35 heavy (non-hydrogen) atoms. The molecule has 0 aliphatic heterocycles. The molecule has 0 bridgehead atoms. The van der Waals surface area contributed by atoms with Gasteiger partial charge in [0.1, 0.15) is 11.6 Å². The van der Waals surface area contributed by atoms with E-state index in [1.165, 1.54) is 88.7 Å². The van der Waals surface area contributed by atoms with Crippen LogP contribution in [0.15, 0.2) is 36.5 Å². The minimum absolute atomic E-state index is 0.100. The van der Waals surface area contributed by atoms with E-state index >= 15 is 0 Å². The first-order valence-corrected chi connectivity index (χ1v) is 14.5. The Morgan fingerprint density at radius 3 is 2.26 bits per heavy atom. The first-order valence-electron chi connectivity index (χ1n) is 14.5. The van der Waals surface area contributed by atoms with E-state index in [-0.39, 0.29) is 11.9 Å². The molecule has 1 saturated carbocycles. The lowest BCUT2D eigenvalue weighted by molar-refractivity contribution is 0.206. The maximum Gasteiger partial charge on any atom is 0.136 e. The number of nitrogens with zero attached hydrogens (tertiary/aromatic N) is 1. The second kappa shape index (κ2) is 15.3. The number of ether oxygens (including phenoxy) is 1. The Hall–Kier alpha value is -1.90. The van der Waals surface area contributed by atoms with Crippen molar-refractivity contribution in [2.45, 2.75) is 129 Å². The van der Waals surface area contributed by atoms with E-state index < -0.39 is 0 Å². The monoisotopic (exact) mass is 481 g/mol. The summed E-state index contributed by atoms with van der Waals surface area (Å²) in [6.07, 6.45) is 21.8. The molecular formula is C32H48FNO. The summed E-state index contributed by atoms with van der Waals surface area (Å²) in [5.41, 5.74) is 2.56. The molecular weight excluding hydrogens is 433 g/mol. The molecule has 2 aromatic rings. The zero-order valence-electron chi connectivity index (χ0n) is 22.5. The van der Waals surface area contributed by atoms with Crippen molar-refractivity contribution in [3.05, 3.63) is 47.9 Å². The smallest absolute Gasteiger partial charge is 0.136 e. The molecule has 1 atom stereocenters. The van der Waals surface area contributed by atoms with Crippen molar-refractivity contribution in [3.63, 3.8) is 0 Å². The molecule has 0 saturated heterocycles. The van der Waals surface area contributed by atoms with Crippen LogP contribution in [0.5, 0.6) is 5.75 Å². The largest absolute Gasteiger partial charge is 0.491 e. The van der Waals surface area contributed by atoms with Gasteiger partial charge >= 0.3 is 0 Å². The van der Waals surface area contributed by atoms with Crippen LogP contribution in [0.25, 0.3) is 11.3 Å². The SMILES string of the molecule is CCCCCCCCCC1CCC(c2ccc(-c3ccc(O[C@@H](C)CCCC)cc3F)nc2)CC1. The lowest BCUT2D eigenvalue weighted by Crippen LogP contribution is -2.13. The number of rotatable bonds is 15. The van der Waals surface area contributed by atoms with Gasteiger partial charge in [-0.25, -0.2) is 4.39 Å². The Kier molecular flexibility index (Phi) is 12.1. The molecule has 0 N–H and O–H groups in total. The third kappa shape index (κ3) is 9.24. The predicted octanol–water partition coefficient (Wildman–Crippen LogP) is 10.3. The van der Waals surface area contributed by atoms with Gasteiger partial charge in [-0.1, -0.05) is 84.1 Å². The number of unbranched alkanes of at least 4 members (excludes halogenated alkanes) is 7. The first kappa shape index (κ1) is 27.7. The van der Waals surface area contributed by atoms with Gasteiger partial charge in [0.05, 0.1) is 11.8 Å². The summed E-state index contributed by atoms with van der Waals surface area (Å²) in [6.45, 7) is 6.50. The summed E-state index contributed by atoms with van der Waals surface area (Å²) < 4.78 is 20.7. The Labute approximate surface area is 214 Å². The second-order valence-corrected chi connectivity index (χ2v) is 10.8. The third-order valence-electron chi connectivity index (χ3n) is 7.84. The van der Waals surface area contributed by atoms with Crippen LogP contribution in [0.4, 0.5) is 4.39 Å². The van der Waals surface area contributed by atoms with Crippen LogP contribution in [-0.4, -0.2) is 11.1 Å². The van der Waals surface area contributed by atoms with E-state index in [2.05, 4.69) is 24.9 Å². The topological polar surface area (TPSA) is 22.1 Å². The second-order valence-electron chi connectivity index (χ2n) is 10.8. The van der Waals surface area contributed by atoms with E-state index in [4.69, 9.17) is 4.74 Å². The molecule has 194 valence electrons. The predicted molar refractivity (Wildman–Crippen MR) is 147 cm³/mol. The molecule has 2 nitrogen and oxygen atoms in total. The molecule has 1 aliphatic carbocycles. The van der Waals surface area contributed by atoms with E-state index in [1.807, 2.05) is 25.3 Å². The van der Waals surface area contributed by atoms with Gasteiger partial charge in [-0.3, -0.25) is 4.98 Å². The fourth-order valence-electron chi connectivity index (χ4n) is 5.54. The van der Waals surface area contributed by atoms with Gasteiger partial charge in [-0.2, -0.15) is 0 Å². The van der Waals surface area contributed by atoms with Crippen LogP contribution in [0, 0.1) is 11.7 Å². The molecule has 0 unspecified atom stereocenters. The minimum Gasteiger partial charge on any atom is -0.491 e. The highest BCUT2D eigenvalue weighted by molar-refractivity contribution is 5.61.